The molecule has 0 aromatic heterocycles. The zero-order chi connectivity index (χ0) is 16.0. The standard InChI is InChI=1S/C9H19N.C7H8O3S/c1-4-9-5-8(2)6-10(3)7-9;1-6-2-4-7(5-3-6)11(8,9)10/h8-9H,4-7H2,1-3H3;2-5H,1H3,(H,8,9,10)/p-1. The lowest BCUT2D eigenvalue weighted by atomic mass is 9.89. The van der Waals surface area contributed by atoms with Crippen LogP contribution in [0, 0.1) is 18.8 Å². The Hall–Kier alpha value is -0.910. The molecule has 2 rings (SSSR count). The predicted octanol–water partition coefficient (Wildman–Crippen LogP) is 2.88. The number of hydrogen-bond donors (Lipinski definition) is 0. The van der Waals surface area contributed by atoms with Crippen LogP contribution in [-0.4, -0.2) is 38.0 Å². The van der Waals surface area contributed by atoms with E-state index in [1.807, 2.05) is 6.92 Å². The van der Waals surface area contributed by atoms with Crippen molar-refractivity contribution in [2.24, 2.45) is 11.8 Å². The van der Waals surface area contributed by atoms with Crippen molar-refractivity contribution in [3.8, 4) is 0 Å². The second-order valence-electron chi connectivity index (χ2n) is 6.10. The van der Waals surface area contributed by atoms with E-state index in [2.05, 4.69) is 25.8 Å². The number of nitrogens with zero attached hydrogens (tertiary/aromatic N) is 1. The Labute approximate surface area is 128 Å². The van der Waals surface area contributed by atoms with Gasteiger partial charge >= 0.3 is 0 Å². The molecule has 0 amide bonds. The molecule has 0 aliphatic carbocycles. The Morgan fingerprint density at radius 3 is 2.24 bits per heavy atom. The molecule has 4 nitrogen and oxygen atoms in total. The van der Waals surface area contributed by atoms with Crippen molar-refractivity contribution in [2.75, 3.05) is 20.1 Å². The Bertz CT molecular complexity index is 515. The molecule has 1 aromatic rings. The third-order valence-electron chi connectivity index (χ3n) is 3.82. The highest BCUT2D eigenvalue weighted by molar-refractivity contribution is 7.85. The summed E-state index contributed by atoms with van der Waals surface area (Å²) in [5, 5.41) is 0. The molecule has 1 heterocycles. The summed E-state index contributed by atoms with van der Waals surface area (Å²) in [4.78, 5) is 2.28. The van der Waals surface area contributed by atoms with E-state index >= 15 is 0 Å². The third-order valence-corrected chi connectivity index (χ3v) is 4.67. The lowest BCUT2D eigenvalue weighted by Gasteiger charge is -2.33. The zero-order valence-corrected chi connectivity index (χ0v) is 14.2. The highest BCUT2D eigenvalue weighted by atomic mass is 32.2. The summed E-state index contributed by atoms with van der Waals surface area (Å²) >= 11 is 0. The summed E-state index contributed by atoms with van der Waals surface area (Å²) in [6.07, 6.45) is 2.80. The van der Waals surface area contributed by atoms with E-state index < -0.39 is 10.1 Å². The Morgan fingerprint density at radius 2 is 1.81 bits per heavy atom. The molecule has 0 saturated carbocycles. The summed E-state index contributed by atoms with van der Waals surface area (Å²) in [6.45, 7) is 9.10. The monoisotopic (exact) mass is 312 g/mol. The van der Waals surface area contributed by atoms with Gasteiger partial charge in [0.2, 0.25) is 0 Å². The third kappa shape index (κ3) is 6.59. The summed E-state index contributed by atoms with van der Waals surface area (Å²) in [5.41, 5.74) is 0.928. The van der Waals surface area contributed by atoms with Gasteiger partial charge in [-0.15, -0.1) is 0 Å². The van der Waals surface area contributed by atoms with E-state index in [-0.39, 0.29) is 4.90 Å². The maximum atomic E-state index is 10.4. The molecule has 1 aliphatic heterocycles. The van der Waals surface area contributed by atoms with Crippen LogP contribution in [0.4, 0.5) is 0 Å². The normalized spacial score (nSPS) is 23.3. The highest BCUT2D eigenvalue weighted by Gasteiger charge is 2.20. The molecule has 1 aromatic carbocycles. The van der Waals surface area contributed by atoms with Gasteiger partial charge in [0.25, 0.3) is 0 Å². The van der Waals surface area contributed by atoms with Gasteiger partial charge in [-0.05, 0) is 44.4 Å². The number of aryl methyl sites for hydroxylation is 1. The predicted molar refractivity (Wildman–Crippen MR) is 84.2 cm³/mol. The van der Waals surface area contributed by atoms with Crippen molar-refractivity contribution < 1.29 is 13.0 Å². The van der Waals surface area contributed by atoms with Gasteiger partial charge in [-0.2, -0.15) is 0 Å². The molecule has 1 aliphatic rings. The maximum absolute atomic E-state index is 10.4. The molecule has 0 radical (unpaired) electrons. The first-order chi connectivity index (χ1) is 9.72. The topological polar surface area (TPSA) is 60.4 Å². The summed E-state index contributed by atoms with van der Waals surface area (Å²) in [7, 11) is -2.04. The van der Waals surface area contributed by atoms with Crippen molar-refractivity contribution in [3.05, 3.63) is 29.8 Å². The van der Waals surface area contributed by atoms with Gasteiger partial charge in [0.05, 0.1) is 4.90 Å². The minimum atomic E-state index is -4.27. The SMILES string of the molecule is CCC1CC(C)CN(C)C1.Cc1ccc(S(=O)(=O)[O-])cc1. The lowest BCUT2D eigenvalue weighted by molar-refractivity contribution is 0.158. The Morgan fingerprint density at radius 1 is 1.24 bits per heavy atom. The average Bonchev–Trinajstić information content (AvgIpc) is 2.37. The number of benzene rings is 1. The molecule has 120 valence electrons. The Balaban J connectivity index is 0.000000211. The molecule has 0 bridgehead atoms. The first kappa shape index (κ1) is 18.1. The van der Waals surface area contributed by atoms with E-state index in [1.165, 1.54) is 38.1 Å². The molecule has 2 atom stereocenters. The van der Waals surface area contributed by atoms with Crippen molar-refractivity contribution in [3.63, 3.8) is 0 Å². The molecule has 5 heteroatoms. The fraction of sp³-hybridized carbons (Fsp3) is 0.625. The quantitative estimate of drug-likeness (QED) is 0.788. The van der Waals surface area contributed by atoms with Crippen molar-refractivity contribution >= 4 is 10.1 Å². The fourth-order valence-electron chi connectivity index (χ4n) is 2.77. The summed E-state index contributed by atoms with van der Waals surface area (Å²) in [6, 6.07) is 5.78. The van der Waals surface area contributed by atoms with Gasteiger partial charge in [-0.3, -0.25) is 0 Å². The average molecular weight is 312 g/mol. The van der Waals surface area contributed by atoms with Crippen molar-refractivity contribution in [1.82, 2.24) is 4.90 Å². The largest absolute Gasteiger partial charge is 0.744 e. The van der Waals surface area contributed by atoms with Gasteiger partial charge in [0.15, 0.2) is 0 Å². The van der Waals surface area contributed by atoms with E-state index in [4.69, 9.17) is 0 Å². The molecular formula is C16H26NO3S-. The second-order valence-corrected chi connectivity index (χ2v) is 7.48. The van der Waals surface area contributed by atoms with Crippen LogP contribution in [0.3, 0.4) is 0 Å². The van der Waals surface area contributed by atoms with E-state index in [9.17, 15) is 13.0 Å². The van der Waals surface area contributed by atoms with Crippen LogP contribution in [0.5, 0.6) is 0 Å². The number of rotatable bonds is 2. The van der Waals surface area contributed by atoms with Crippen molar-refractivity contribution in [2.45, 2.75) is 38.5 Å². The molecular weight excluding hydrogens is 286 g/mol. The fourth-order valence-corrected chi connectivity index (χ4v) is 3.24. The van der Waals surface area contributed by atoms with Gasteiger partial charge in [0, 0.05) is 13.1 Å². The summed E-state index contributed by atoms with van der Waals surface area (Å²) in [5.74, 6) is 1.89. The van der Waals surface area contributed by atoms with Gasteiger partial charge < -0.3 is 9.45 Å². The van der Waals surface area contributed by atoms with Crippen LogP contribution in [0.2, 0.25) is 0 Å². The lowest BCUT2D eigenvalue weighted by Crippen LogP contribution is -2.36. The number of hydrogen-bond acceptors (Lipinski definition) is 4. The summed E-state index contributed by atoms with van der Waals surface area (Å²) < 4.78 is 31.2. The highest BCUT2D eigenvalue weighted by Crippen LogP contribution is 2.22. The van der Waals surface area contributed by atoms with E-state index in [0.717, 1.165) is 17.4 Å². The molecule has 2 unspecified atom stereocenters. The van der Waals surface area contributed by atoms with E-state index in [1.54, 1.807) is 12.1 Å². The van der Waals surface area contributed by atoms with Gasteiger partial charge in [-0.25, -0.2) is 8.42 Å². The molecule has 0 spiro atoms. The number of piperidine rings is 1. The van der Waals surface area contributed by atoms with Crippen LogP contribution >= 0.6 is 0 Å². The maximum Gasteiger partial charge on any atom is 0.124 e. The van der Waals surface area contributed by atoms with E-state index in [0.29, 0.717) is 0 Å². The van der Waals surface area contributed by atoms with Crippen LogP contribution in [0.25, 0.3) is 0 Å². The van der Waals surface area contributed by atoms with Gasteiger partial charge in [0.1, 0.15) is 10.1 Å². The molecule has 21 heavy (non-hydrogen) atoms. The minimum Gasteiger partial charge on any atom is -0.744 e. The van der Waals surface area contributed by atoms with Crippen molar-refractivity contribution in [1.29, 1.82) is 0 Å². The molecule has 0 N–H and O–H groups in total. The van der Waals surface area contributed by atoms with Crippen LogP contribution in [-0.2, 0) is 10.1 Å². The first-order valence-corrected chi connectivity index (χ1v) is 8.84. The number of likely N-dealkylation sites (tertiary alicyclic amines) is 1. The molecule has 1 fully saturated rings. The smallest absolute Gasteiger partial charge is 0.124 e. The van der Waals surface area contributed by atoms with Crippen LogP contribution in [0.1, 0.15) is 32.3 Å². The van der Waals surface area contributed by atoms with Crippen LogP contribution < -0.4 is 0 Å². The zero-order valence-electron chi connectivity index (χ0n) is 13.4. The second kappa shape index (κ2) is 7.92. The van der Waals surface area contributed by atoms with Crippen LogP contribution in [0.15, 0.2) is 29.2 Å². The first-order valence-electron chi connectivity index (χ1n) is 7.43. The minimum absolute atomic E-state index is 0.178. The molecule has 1 saturated heterocycles. The van der Waals surface area contributed by atoms with Gasteiger partial charge in [-0.1, -0.05) is 38.0 Å². The Kier molecular flexibility index (Phi) is 6.84.